The highest BCUT2D eigenvalue weighted by Crippen LogP contribution is 2.27. The van der Waals surface area contributed by atoms with E-state index in [4.69, 9.17) is 0 Å². The molecule has 0 aliphatic heterocycles. The molecule has 0 aliphatic rings. The fraction of sp³-hybridized carbons (Fsp3) is 0.182. The van der Waals surface area contributed by atoms with Gasteiger partial charge in [-0.25, -0.2) is 8.42 Å². The molecule has 0 unspecified atom stereocenters. The quantitative estimate of drug-likeness (QED) is 0.814. The van der Waals surface area contributed by atoms with Gasteiger partial charge in [0.2, 0.25) is 0 Å². The highest BCUT2D eigenvalue weighted by atomic mass is 79.9. The number of benzene rings is 1. The minimum Gasteiger partial charge on any atom is -0.280 e. The lowest BCUT2D eigenvalue weighted by Crippen LogP contribution is -2.13. The van der Waals surface area contributed by atoms with E-state index in [9.17, 15) is 8.42 Å². The summed E-state index contributed by atoms with van der Waals surface area (Å²) in [6.45, 7) is 1.96. The van der Waals surface area contributed by atoms with E-state index in [1.165, 1.54) is 6.07 Å². The maximum atomic E-state index is 12.2. The molecule has 8 heteroatoms. The highest BCUT2D eigenvalue weighted by Gasteiger charge is 2.19. The molecular formula is C11H11Br2N3O2S. The molecule has 1 aromatic carbocycles. The molecule has 1 heterocycles. The Kier molecular flexibility index (Phi) is 4.32. The van der Waals surface area contributed by atoms with E-state index in [0.29, 0.717) is 4.47 Å². The van der Waals surface area contributed by atoms with Crippen molar-refractivity contribution in [1.82, 2.24) is 10.2 Å². The van der Waals surface area contributed by atoms with Gasteiger partial charge < -0.3 is 0 Å². The lowest BCUT2D eigenvalue weighted by molar-refractivity contribution is 0.600. The van der Waals surface area contributed by atoms with Crippen LogP contribution in [0.1, 0.15) is 12.6 Å². The molecule has 0 spiro atoms. The number of nitrogens with zero attached hydrogens (tertiary/aromatic N) is 1. The van der Waals surface area contributed by atoms with Gasteiger partial charge in [-0.2, -0.15) is 5.10 Å². The summed E-state index contributed by atoms with van der Waals surface area (Å²) in [6.07, 6.45) is 0.761. The van der Waals surface area contributed by atoms with E-state index >= 15 is 0 Å². The number of aromatic amines is 1. The lowest BCUT2D eigenvalue weighted by atomic mass is 10.3. The largest absolute Gasteiger partial charge is 0.280 e. The van der Waals surface area contributed by atoms with Crippen molar-refractivity contribution in [3.63, 3.8) is 0 Å². The number of nitrogens with one attached hydrogen (secondary N) is 2. The molecule has 19 heavy (non-hydrogen) atoms. The topological polar surface area (TPSA) is 74.8 Å². The van der Waals surface area contributed by atoms with Crippen molar-refractivity contribution in [2.75, 3.05) is 4.72 Å². The van der Waals surface area contributed by atoms with Gasteiger partial charge in [0.1, 0.15) is 4.90 Å². The van der Waals surface area contributed by atoms with Gasteiger partial charge in [0.05, 0.1) is 0 Å². The zero-order valence-electron chi connectivity index (χ0n) is 9.94. The summed E-state index contributed by atoms with van der Waals surface area (Å²) in [5.41, 5.74) is 0.868. The van der Waals surface area contributed by atoms with Crippen molar-refractivity contribution in [1.29, 1.82) is 0 Å². The van der Waals surface area contributed by atoms with Crippen LogP contribution >= 0.6 is 31.9 Å². The molecule has 0 amide bonds. The number of hydrogen-bond donors (Lipinski definition) is 2. The molecule has 0 fully saturated rings. The second-order valence-electron chi connectivity index (χ2n) is 3.81. The Labute approximate surface area is 128 Å². The van der Waals surface area contributed by atoms with Gasteiger partial charge in [-0.3, -0.25) is 9.82 Å². The summed E-state index contributed by atoms with van der Waals surface area (Å²) < 4.78 is 28.2. The zero-order valence-corrected chi connectivity index (χ0v) is 13.9. The molecule has 0 radical (unpaired) electrons. The van der Waals surface area contributed by atoms with Crippen LogP contribution in [0.4, 0.5) is 5.82 Å². The average Bonchev–Trinajstić information content (AvgIpc) is 2.75. The Morgan fingerprint density at radius 1 is 1.32 bits per heavy atom. The van der Waals surface area contributed by atoms with Crippen LogP contribution in [0.25, 0.3) is 0 Å². The van der Waals surface area contributed by atoms with E-state index in [1.54, 1.807) is 18.2 Å². The Hall–Kier alpha value is -0.860. The third-order valence-corrected chi connectivity index (χ3v) is 5.26. The van der Waals surface area contributed by atoms with Gasteiger partial charge >= 0.3 is 0 Å². The fourth-order valence-electron chi connectivity index (χ4n) is 1.48. The summed E-state index contributed by atoms with van der Waals surface area (Å²) in [4.78, 5) is 0.164. The second kappa shape index (κ2) is 5.64. The maximum absolute atomic E-state index is 12.2. The number of aryl methyl sites for hydroxylation is 1. The number of halogens is 2. The van der Waals surface area contributed by atoms with E-state index in [1.807, 2.05) is 6.92 Å². The average molecular weight is 409 g/mol. The number of sulfonamides is 1. The van der Waals surface area contributed by atoms with Crippen LogP contribution in [-0.4, -0.2) is 18.6 Å². The standard InChI is InChI=1S/C11H11Br2N3O2S/c1-2-8-6-11(15-14-8)16-19(17,18)10-4-3-7(12)5-9(10)13/h3-6H,2H2,1H3,(H2,14,15,16). The molecule has 1 aromatic heterocycles. The van der Waals surface area contributed by atoms with Crippen LogP contribution < -0.4 is 4.72 Å². The minimum absolute atomic E-state index is 0.164. The Morgan fingerprint density at radius 3 is 2.63 bits per heavy atom. The number of hydrogen-bond acceptors (Lipinski definition) is 3. The van der Waals surface area contributed by atoms with E-state index < -0.39 is 10.0 Å². The minimum atomic E-state index is -3.66. The van der Waals surface area contributed by atoms with Gasteiger partial charge in [0, 0.05) is 20.7 Å². The fourth-order valence-corrected chi connectivity index (χ4v) is 4.22. The van der Waals surface area contributed by atoms with Crippen molar-refractivity contribution in [3.8, 4) is 0 Å². The van der Waals surface area contributed by atoms with Crippen molar-refractivity contribution in [3.05, 3.63) is 38.9 Å². The lowest BCUT2D eigenvalue weighted by Gasteiger charge is -2.07. The van der Waals surface area contributed by atoms with Crippen LogP contribution in [-0.2, 0) is 16.4 Å². The number of aromatic nitrogens is 2. The summed E-state index contributed by atoms with van der Waals surface area (Å²) in [6, 6.07) is 6.53. The van der Waals surface area contributed by atoms with E-state index in [0.717, 1.165) is 16.6 Å². The Morgan fingerprint density at radius 2 is 2.05 bits per heavy atom. The monoisotopic (exact) mass is 407 g/mol. The molecule has 0 bridgehead atoms. The number of anilines is 1. The van der Waals surface area contributed by atoms with Gasteiger partial charge in [-0.15, -0.1) is 0 Å². The molecule has 0 saturated heterocycles. The van der Waals surface area contributed by atoms with Crippen molar-refractivity contribution >= 4 is 47.7 Å². The molecule has 2 rings (SSSR count). The van der Waals surface area contributed by atoms with Crippen LogP contribution in [0.3, 0.4) is 0 Å². The smallest absolute Gasteiger partial charge is 0.264 e. The first-order chi connectivity index (χ1) is 8.92. The summed E-state index contributed by atoms with van der Waals surface area (Å²) in [5, 5.41) is 6.66. The first-order valence-corrected chi connectivity index (χ1v) is 8.51. The van der Waals surface area contributed by atoms with Crippen LogP contribution in [0.15, 0.2) is 38.1 Å². The number of H-pyrrole nitrogens is 1. The first kappa shape index (κ1) is 14.5. The molecule has 5 nitrogen and oxygen atoms in total. The predicted molar refractivity (Wildman–Crippen MR) is 80.6 cm³/mol. The van der Waals surface area contributed by atoms with Crippen molar-refractivity contribution in [2.45, 2.75) is 18.2 Å². The molecule has 2 N–H and O–H groups in total. The third-order valence-electron chi connectivity index (χ3n) is 2.43. The van der Waals surface area contributed by atoms with Gasteiger partial charge in [-0.05, 0) is 40.5 Å². The summed E-state index contributed by atoms with van der Waals surface area (Å²) in [5.74, 6) is 0.284. The summed E-state index contributed by atoms with van der Waals surface area (Å²) in [7, 11) is -3.66. The summed E-state index contributed by atoms with van der Waals surface area (Å²) >= 11 is 6.52. The number of rotatable bonds is 4. The van der Waals surface area contributed by atoms with Gasteiger partial charge in [0.15, 0.2) is 5.82 Å². The van der Waals surface area contributed by atoms with Crippen molar-refractivity contribution in [2.24, 2.45) is 0 Å². The van der Waals surface area contributed by atoms with Gasteiger partial charge in [0.25, 0.3) is 10.0 Å². The Bertz CT molecular complexity index is 698. The second-order valence-corrected chi connectivity index (χ2v) is 7.23. The maximum Gasteiger partial charge on any atom is 0.264 e. The molecule has 102 valence electrons. The molecular weight excluding hydrogens is 398 g/mol. The molecule has 2 aromatic rings. The van der Waals surface area contributed by atoms with Gasteiger partial charge in [-0.1, -0.05) is 22.9 Å². The molecule has 0 atom stereocenters. The third kappa shape index (κ3) is 3.37. The molecule has 0 saturated carbocycles. The first-order valence-electron chi connectivity index (χ1n) is 5.44. The molecule has 0 aliphatic carbocycles. The predicted octanol–water partition coefficient (Wildman–Crippen LogP) is 3.30. The van der Waals surface area contributed by atoms with Crippen LogP contribution in [0, 0.1) is 0 Å². The van der Waals surface area contributed by atoms with Crippen molar-refractivity contribution < 1.29 is 8.42 Å². The van der Waals surface area contributed by atoms with E-state index in [-0.39, 0.29) is 10.7 Å². The van der Waals surface area contributed by atoms with Crippen LogP contribution in [0.5, 0.6) is 0 Å². The normalized spacial score (nSPS) is 11.5. The highest BCUT2D eigenvalue weighted by molar-refractivity contribution is 9.11. The SMILES string of the molecule is CCc1cc(NS(=O)(=O)c2ccc(Br)cc2Br)n[nH]1. The zero-order chi connectivity index (χ0) is 14.0. The van der Waals surface area contributed by atoms with Crippen LogP contribution in [0.2, 0.25) is 0 Å². The van der Waals surface area contributed by atoms with E-state index in [2.05, 4.69) is 46.8 Å². The Balaban J connectivity index is 2.32.